The number of hydrogen-bond donors (Lipinski definition) is 1. The molecule has 23 heavy (non-hydrogen) atoms. The van der Waals surface area contributed by atoms with Gasteiger partial charge in [0.25, 0.3) is 0 Å². The van der Waals surface area contributed by atoms with Crippen LogP contribution in [0.15, 0.2) is 30.5 Å². The van der Waals surface area contributed by atoms with Crippen LogP contribution in [-0.4, -0.2) is 43.1 Å². The van der Waals surface area contributed by atoms with E-state index >= 15 is 0 Å². The highest BCUT2D eigenvalue weighted by atomic mass is 32.1. The second-order valence-electron chi connectivity index (χ2n) is 6.30. The summed E-state index contributed by atoms with van der Waals surface area (Å²) in [5, 5.41) is 4.78. The van der Waals surface area contributed by atoms with Crippen LogP contribution >= 0.6 is 11.3 Å². The van der Waals surface area contributed by atoms with Crippen molar-refractivity contribution in [2.24, 2.45) is 0 Å². The van der Waals surface area contributed by atoms with Crippen LogP contribution in [0, 0.1) is 6.92 Å². The van der Waals surface area contributed by atoms with E-state index in [-0.39, 0.29) is 0 Å². The van der Waals surface area contributed by atoms with Crippen LogP contribution in [-0.2, 0) is 6.54 Å². The minimum absolute atomic E-state index is 0.335. The molecule has 3 rings (SSSR count). The van der Waals surface area contributed by atoms with Crippen molar-refractivity contribution in [3.8, 4) is 0 Å². The molecule has 5 heteroatoms. The third-order valence-electron chi connectivity index (χ3n) is 4.50. The molecular formula is C18H26N4S. The van der Waals surface area contributed by atoms with E-state index < -0.39 is 0 Å². The van der Waals surface area contributed by atoms with Crippen molar-refractivity contribution < 1.29 is 0 Å². The number of aromatic nitrogens is 1. The molecular weight excluding hydrogens is 304 g/mol. The van der Waals surface area contributed by atoms with Gasteiger partial charge in [-0.1, -0.05) is 18.2 Å². The number of aryl methyl sites for hydroxylation is 1. The van der Waals surface area contributed by atoms with Gasteiger partial charge in [-0.05, 0) is 32.5 Å². The monoisotopic (exact) mass is 330 g/mol. The zero-order valence-corrected chi connectivity index (χ0v) is 15.1. The van der Waals surface area contributed by atoms with E-state index in [1.165, 1.54) is 16.1 Å². The van der Waals surface area contributed by atoms with Gasteiger partial charge >= 0.3 is 0 Å². The molecule has 1 atom stereocenters. The largest absolute Gasteiger partial charge is 0.369 e. The summed E-state index contributed by atoms with van der Waals surface area (Å²) in [7, 11) is 2.20. The van der Waals surface area contributed by atoms with Crippen molar-refractivity contribution >= 4 is 17.0 Å². The number of benzene rings is 1. The molecule has 124 valence electrons. The summed E-state index contributed by atoms with van der Waals surface area (Å²) in [6.07, 6.45) is 1.99. The number of nitrogens with one attached hydrogen (secondary N) is 1. The minimum atomic E-state index is 0.335. The fraction of sp³-hybridized carbons (Fsp3) is 0.500. The first-order chi connectivity index (χ1) is 11.1. The lowest BCUT2D eigenvalue weighted by molar-refractivity contribution is 0.312. The second-order valence-corrected chi connectivity index (χ2v) is 7.57. The Labute approximate surface area is 143 Å². The number of hydrogen-bond acceptors (Lipinski definition) is 5. The van der Waals surface area contributed by atoms with Crippen LogP contribution in [0.3, 0.4) is 0 Å². The lowest BCUT2D eigenvalue weighted by atomic mass is 10.1. The fourth-order valence-electron chi connectivity index (χ4n) is 2.96. The maximum absolute atomic E-state index is 4.36. The van der Waals surface area contributed by atoms with Crippen molar-refractivity contribution in [3.63, 3.8) is 0 Å². The van der Waals surface area contributed by atoms with Crippen LogP contribution in [0.4, 0.5) is 5.69 Å². The third kappa shape index (κ3) is 4.10. The predicted molar refractivity (Wildman–Crippen MR) is 98.3 cm³/mol. The molecule has 0 aliphatic carbocycles. The average Bonchev–Trinajstić information content (AvgIpc) is 3.00. The number of para-hydroxylation sites is 1. The highest BCUT2D eigenvalue weighted by Crippen LogP contribution is 2.24. The van der Waals surface area contributed by atoms with Gasteiger partial charge in [0.05, 0.1) is 5.01 Å². The second kappa shape index (κ2) is 7.43. The number of thiazole rings is 1. The molecule has 4 nitrogen and oxygen atoms in total. The number of anilines is 1. The summed E-state index contributed by atoms with van der Waals surface area (Å²) in [6.45, 7) is 9.65. The summed E-state index contributed by atoms with van der Waals surface area (Å²) >= 11 is 1.77. The molecule has 1 N–H and O–H groups in total. The van der Waals surface area contributed by atoms with Gasteiger partial charge in [0.2, 0.25) is 0 Å². The Morgan fingerprint density at radius 3 is 2.65 bits per heavy atom. The minimum Gasteiger partial charge on any atom is -0.369 e. The first-order valence-electron chi connectivity index (χ1n) is 8.30. The van der Waals surface area contributed by atoms with Gasteiger partial charge in [-0.15, -0.1) is 11.3 Å². The number of piperazine rings is 1. The SMILES string of the molecule is Cc1ncc([C@H](C)NCc2ccccc2N2CCN(C)CC2)s1. The van der Waals surface area contributed by atoms with Crippen molar-refractivity contribution in [3.05, 3.63) is 45.9 Å². The maximum Gasteiger partial charge on any atom is 0.0897 e. The van der Waals surface area contributed by atoms with E-state index in [1.54, 1.807) is 11.3 Å². The Hall–Kier alpha value is -1.43. The Morgan fingerprint density at radius 2 is 1.96 bits per heavy atom. The summed E-state index contributed by atoms with van der Waals surface area (Å²) in [5.41, 5.74) is 2.76. The van der Waals surface area contributed by atoms with Crippen LogP contribution in [0.5, 0.6) is 0 Å². The van der Waals surface area contributed by atoms with Gasteiger partial charge in [0.1, 0.15) is 0 Å². The fourth-order valence-corrected chi connectivity index (χ4v) is 3.77. The highest BCUT2D eigenvalue weighted by molar-refractivity contribution is 7.11. The zero-order chi connectivity index (χ0) is 16.2. The molecule has 1 aliphatic rings. The van der Waals surface area contributed by atoms with E-state index in [9.17, 15) is 0 Å². The molecule has 2 heterocycles. The quantitative estimate of drug-likeness (QED) is 0.913. The lowest BCUT2D eigenvalue weighted by Crippen LogP contribution is -2.44. The lowest BCUT2D eigenvalue weighted by Gasteiger charge is -2.35. The maximum atomic E-state index is 4.36. The molecule has 0 saturated carbocycles. The topological polar surface area (TPSA) is 31.4 Å². The van der Waals surface area contributed by atoms with Gasteiger partial charge < -0.3 is 15.1 Å². The first kappa shape index (κ1) is 16.4. The zero-order valence-electron chi connectivity index (χ0n) is 14.2. The summed E-state index contributed by atoms with van der Waals surface area (Å²) in [4.78, 5) is 10.6. The van der Waals surface area contributed by atoms with E-state index in [0.717, 1.165) is 37.7 Å². The number of rotatable bonds is 5. The van der Waals surface area contributed by atoms with Crippen molar-refractivity contribution in [2.75, 3.05) is 38.1 Å². The van der Waals surface area contributed by atoms with E-state index in [4.69, 9.17) is 0 Å². The summed E-state index contributed by atoms with van der Waals surface area (Å²) in [6, 6.07) is 9.11. The van der Waals surface area contributed by atoms with Crippen molar-refractivity contribution in [1.82, 2.24) is 15.2 Å². The van der Waals surface area contributed by atoms with Crippen LogP contribution in [0.1, 0.15) is 28.4 Å². The van der Waals surface area contributed by atoms with Gasteiger partial charge in [0, 0.05) is 55.5 Å². The Morgan fingerprint density at radius 1 is 1.22 bits per heavy atom. The smallest absolute Gasteiger partial charge is 0.0897 e. The standard InChI is InChI=1S/C18H26N4S/c1-14(18-13-20-15(2)23-18)19-12-16-6-4-5-7-17(16)22-10-8-21(3)9-11-22/h4-7,13-14,19H,8-12H2,1-3H3/t14-/m0/s1. The van der Waals surface area contributed by atoms with Crippen LogP contribution in [0.25, 0.3) is 0 Å². The van der Waals surface area contributed by atoms with Crippen molar-refractivity contribution in [2.45, 2.75) is 26.4 Å². The Bertz CT molecular complexity index is 631. The van der Waals surface area contributed by atoms with Crippen molar-refractivity contribution in [1.29, 1.82) is 0 Å². The van der Waals surface area contributed by atoms with Gasteiger partial charge in [0.15, 0.2) is 0 Å². The third-order valence-corrected chi connectivity index (χ3v) is 5.60. The molecule has 0 radical (unpaired) electrons. The Balaban J connectivity index is 1.66. The van der Waals surface area contributed by atoms with Crippen LogP contribution < -0.4 is 10.2 Å². The molecule has 2 aromatic rings. The molecule has 1 aromatic carbocycles. The predicted octanol–water partition coefficient (Wildman–Crippen LogP) is 3.05. The molecule has 0 spiro atoms. The first-order valence-corrected chi connectivity index (χ1v) is 9.12. The van der Waals surface area contributed by atoms with Gasteiger partial charge in [-0.2, -0.15) is 0 Å². The summed E-state index contributed by atoms with van der Waals surface area (Å²) in [5.74, 6) is 0. The molecule has 0 unspecified atom stereocenters. The summed E-state index contributed by atoms with van der Waals surface area (Å²) < 4.78 is 0. The Kier molecular flexibility index (Phi) is 5.30. The van der Waals surface area contributed by atoms with Gasteiger partial charge in [-0.3, -0.25) is 0 Å². The van der Waals surface area contributed by atoms with E-state index in [0.29, 0.717) is 6.04 Å². The highest BCUT2D eigenvalue weighted by Gasteiger charge is 2.17. The normalized spacial score (nSPS) is 17.4. The molecule has 1 saturated heterocycles. The molecule has 1 aromatic heterocycles. The molecule has 0 amide bonds. The van der Waals surface area contributed by atoms with E-state index in [2.05, 4.69) is 65.3 Å². The average molecular weight is 331 g/mol. The van der Waals surface area contributed by atoms with Gasteiger partial charge in [-0.25, -0.2) is 4.98 Å². The molecule has 1 fully saturated rings. The molecule has 0 bridgehead atoms. The number of likely N-dealkylation sites (N-methyl/N-ethyl adjacent to an activating group) is 1. The van der Waals surface area contributed by atoms with Crippen LogP contribution in [0.2, 0.25) is 0 Å². The van der Waals surface area contributed by atoms with E-state index in [1.807, 2.05) is 6.20 Å². The molecule has 1 aliphatic heterocycles. The number of nitrogens with zero attached hydrogens (tertiary/aromatic N) is 3.